The fraction of sp³-hybridized carbons (Fsp3) is 0.278. The van der Waals surface area contributed by atoms with Gasteiger partial charge in [-0.05, 0) is 43.2 Å². The number of carbonyl (C=O) groups excluding carboxylic acids is 1. The number of amides is 1. The molecule has 0 heterocycles. The maximum atomic E-state index is 11.7. The first kappa shape index (κ1) is 15.9. The van der Waals surface area contributed by atoms with Crippen LogP contribution in [0, 0.1) is 13.8 Å². The number of ether oxygens (including phenoxy) is 2. The minimum atomic E-state index is -0.159. The first-order valence-corrected chi connectivity index (χ1v) is 7.30. The van der Waals surface area contributed by atoms with E-state index in [9.17, 15) is 4.79 Å². The lowest BCUT2D eigenvalue weighted by molar-refractivity contribution is -0.123. The van der Waals surface area contributed by atoms with Crippen molar-refractivity contribution in [3.63, 3.8) is 0 Å². The normalized spacial score (nSPS) is 10.1. The topological polar surface area (TPSA) is 47.6 Å². The van der Waals surface area contributed by atoms with Crippen LogP contribution in [-0.2, 0) is 4.79 Å². The van der Waals surface area contributed by atoms with Gasteiger partial charge in [0.15, 0.2) is 6.61 Å². The Morgan fingerprint density at radius 3 is 2.59 bits per heavy atom. The van der Waals surface area contributed by atoms with Crippen molar-refractivity contribution in [1.29, 1.82) is 0 Å². The van der Waals surface area contributed by atoms with E-state index in [0.29, 0.717) is 18.9 Å². The number of carbonyl (C=O) groups is 1. The summed E-state index contributed by atoms with van der Waals surface area (Å²) in [5, 5.41) is 2.77. The Morgan fingerprint density at radius 2 is 1.82 bits per heavy atom. The zero-order valence-corrected chi connectivity index (χ0v) is 13.0. The van der Waals surface area contributed by atoms with Gasteiger partial charge in [0.05, 0.1) is 6.54 Å². The molecule has 1 amide bonds. The lowest BCUT2D eigenvalue weighted by atomic mass is 10.1. The van der Waals surface area contributed by atoms with E-state index in [4.69, 9.17) is 9.47 Å². The number of hydrogen-bond donors (Lipinski definition) is 1. The van der Waals surface area contributed by atoms with Crippen LogP contribution in [0.15, 0.2) is 48.5 Å². The van der Waals surface area contributed by atoms with Gasteiger partial charge in [-0.2, -0.15) is 0 Å². The third kappa shape index (κ3) is 5.13. The number of rotatable bonds is 7. The van der Waals surface area contributed by atoms with Crippen LogP contribution in [0.4, 0.5) is 0 Å². The Morgan fingerprint density at radius 1 is 1.05 bits per heavy atom. The Labute approximate surface area is 131 Å². The largest absolute Gasteiger partial charge is 0.491 e. The maximum absolute atomic E-state index is 11.7. The molecule has 1 N–H and O–H groups in total. The molecular weight excluding hydrogens is 278 g/mol. The molecule has 0 radical (unpaired) electrons. The smallest absolute Gasteiger partial charge is 0.258 e. The Kier molecular flexibility index (Phi) is 5.83. The molecular formula is C18H21NO3. The SMILES string of the molecule is Cc1ccc(C)c(OCCNC(=O)COc2ccccc2)c1. The zero-order chi connectivity index (χ0) is 15.8. The number of nitrogens with one attached hydrogen (secondary N) is 1. The van der Waals surface area contributed by atoms with Crippen molar-refractivity contribution < 1.29 is 14.3 Å². The summed E-state index contributed by atoms with van der Waals surface area (Å²) in [6, 6.07) is 15.3. The van der Waals surface area contributed by atoms with E-state index in [1.54, 1.807) is 0 Å². The van der Waals surface area contributed by atoms with E-state index in [0.717, 1.165) is 16.9 Å². The van der Waals surface area contributed by atoms with E-state index in [1.807, 2.05) is 62.4 Å². The summed E-state index contributed by atoms with van der Waals surface area (Å²) in [6.07, 6.45) is 0. The molecule has 2 rings (SSSR count). The maximum Gasteiger partial charge on any atom is 0.258 e. The monoisotopic (exact) mass is 299 g/mol. The van der Waals surface area contributed by atoms with Crippen molar-refractivity contribution in [3.05, 3.63) is 59.7 Å². The zero-order valence-electron chi connectivity index (χ0n) is 13.0. The molecule has 0 spiro atoms. The number of hydrogen-bond acceptors (Lipinski definition) is 3. The Bertz CT molecular complexity index is 611. The second kappa shape index (κ2) is 8.08. The lowest BCUT2D eigenvalue weighted by Gasteiger charge is -2.11. The second-order valence-corrected chi connectivity index (χ2v) is 5.07. The van der Waals surface area contributed by atoms with Gasteiger partial charge < -0.3 is 14.8 Å². The van der Waals surface area contributed by atoms with Gasteiger partial charge in [-0.1, -0.05) is 30.3 Å². The van der Waals surface area contributed by atoms with E-state index < -0.39 is 0 Å². The average molecular weight is 299 g/mol. The average Bonchev–Trinajstić information content (AvgIpc) is 2.53. The molecule has 0 fully saturated rings. The highest BCUT2D eigenvalue weighted by atomic mass is 16.5. The molecule has 0 saturated carbocycles. The van der Waals surface area contributed by atoms with Crippen molar-refractivity contribution in [3.8, 4) is 11.5 Å². The molecule has 116 valence electrons. The molecule has 0 aromatic heterocycles. The van der Waals surface area contributed by atoms with Gasteiger partial charge in [-0.3, -0.25) is 4.79 Å². The van der Waals surface area contributed by atoms with Crippen molar-refractivity contribution in [2.45, 2.75) is 13.8 Å². The van der Waals surface area contributed by atoms with Gasteiger partial charge in [0.25, 0.3) is 5.91 Å². The van der Waals surface area contributed by atoms with Crippen LogP contribution in [0.3, 0.4) is 0 Å². The lowest BCUT2D eigenvalue weighted by Crippen LogP contribution is -2.32. The molecule has 4 nitrogen and oxygen atoms in total. The summed E-state index contributed by atoms with van der Waals surface area (Å²) in [5.41, 5.74) is 2.24. The molecule has 0 unspecified atom stereocenters. The third-order valence-electron chi connectivity index (χ3n) is 3.14. The predicted octanol–water partition coefficient (Wildman–Crippen LogP) is 2.88. The molecule has 2 aromatic rings. The molecule has 0 aliphatic rings. The minimum absolute atomic E-state index is 0.00743. The highest BCUT2D eigenvalue weighted by Gasteiger charge is 2.03. The summed E-state index contributed by atoms with van der Waals surface area (Å²) in [7, 11) is 0. The van der Waals surface area contributed by atoms with Crippen molar-refractivity contribution in [1.82, 2.24) is 5.32 Å². The number of aryl methyl sites for hydroxylation is 2. The van der Waals surface area contributed by atoms with Crippen LogP contribution in [0.5, 0.6) is 11.5 Å². The summed E-state index contributed by atoms with van der Waals surface area (Å²) in [6.45, 7) is 4.91. The van der Waals surface area contributed by atoms with Crippen LogP contribution in [-0.4, -0.2) is 25.7 Å². The standard InChI is InChI=1S/C18H21NO3/c1-14-8-9-15(2)17(12-14)21-11-10-19-18(20)13-22-16-6-4-3-5-7-16/h3-9,12H,10-11,13H2,1-2H3,(H,19,20). The summed E-state index contributed by atoms with van der Waals surface area (Å²) in [5.74, 6) is 1.38. The Hall–Kier alpha value is -2.49. The van der Waals surface area contributed by atoms with Gasteiger partial charge in [0.2, 0.25) is 0 Å². The van der Waals surface area contributed by atoms with Crippen LogP contribution in [0.1, 0.15) is 11.1 Å². The van der Waals surface area contributed by atoms with Gasteiger partial charge in [0.1, 0.15) is 18.1 Å². The van der Waals surface area contributed by atoms with Crippen molar-refractivity contribution in [2.24, 2.45) is 0 Å². The molecule has 0 saturated heterocycles. The Balaban J connectivity index is 1.66. The quantitative estimate of drug-likeness (QED) is 0.800. The first-order chi connectivity index (χ1) is 10.6. The second-order valence-electron chi connectivity index (χ2n) is 5.07. The van der Waals surface area contributed by atoms with Gasteiger partial charge in [-0.25, -0.2) is 0 Å². The third-order valence-corrected chi connectivity index (χ3v) is 3.14. The van der Waals surface area contributed by atoms with Crippen molar-refractivity contribution in [2.75, 3.05) is 19.8 Å². The highest BCUT2D eigenvalue weighted by molar-refractivity contribution is 5.77. The summed E-state index contributed by atoms with van der Waals surface area (Å²) >= 11 is 0. The molecule has 0 aliphatic heterocycles. The van der Waals surface area contributed by atoms with E-state index in [2.05, 4.69) is 5.32 Å². The summed E-state index contributed by atoms with van der Waals surface area (Å²) in [4.78, 5) is 11.7. The van der Waals surface area contributed by atoms with Gasteiger partial charge in [-0.15, -0.1) is 0 Å². The van der Waals surface area contributed by atoms with Gasteiger partial charge in [0, 0.05) is 0 Å². The van der Waals surface area contributed by atoms with Crippen molar-refractivity contribution >= 4 is 5.91 Å². The van der Waals surface area contributed by atoms with Crippen LogP contribution in [0.25, 0.3) is 0 Å². The van der Waals surface area contributed by atoms with Gasteiger partial charge >= 0.3 is 0 Å². The van der Waals surface area contributed by atoms with Crippen LogP contribution in [0.2, 0.25) is 0 Å². The molecule has 0 bridgehead atoms. The van der Waals surface area contributed by atoms with E-state index in [-0.39, 0.29) is 12.5 Å². The van der Waals surface area contributed by atoms with Crippen LogP contribution < -0.4 is 14.8 Å². The fourth-order valence-corrected chi connectivity index (χ4v) is 1.93. The molecule has 22 heavy (non-hydrogen) atoms. The van der Waals surface area contributed by atoms with Crippen LogP contribution >= 0.6 is 0 Å². The fourth-order valence-electron chi connectivity index (χ4n) is 1.93. The molecule has 2 aromatic carbocycles. The first-order valence-electron chi connectivity index (χ1n) is 7.30. The van der Waals surface area contributed by atoms with E-state index >= 15 is 0 Å². The molecule has 0 aliphatic carbocycles. The number of para-hydroxylation sites is 1. The van der Waals surface area contributed by atoms with E-state index in [1.165, 1.54) is 0 Å². The number of benzene rings is 2. The molecule has 0 atom stereocenters. The highest BCUT2D eigenvalue weighted by Crippen LogP contribution is 2.18. The predicted molar refractivity (Wildman–Crippen MR) is 86.4 cm³/mol. The molecule has 4 heteroatoms. The minimum Gasteiger partial charge on any atom is -0.491 e. The summed E-state index contributed by atoms with van der Waals surface area (Å²) < 4.78 is 11.0.